The lowest BCUT2D eigenvalue weighted by Crippen LogP contribution is -2.60. The summed E-state index contributed by atoms with van der Waals surface area (Å²) in [7, 11) is 0. The van der Waals surface area contributed by atoms with E-state index in [9.17, 15) is 20.4 Å². The Morgan fingerprint density at radius 1 is 1.13 bits per heavy atom. The highest BCUT2D eigenvalue weighted by Gasteiger charge is 2.48. The van der Waals surface area contributed by atoms with Crippen LogP contribution in [-0.2, 0) is 11.2 Å². The van der Waals surface area contributed by atoms with E-state index in [-0.39, 0.29) is 11.5 Å². The van der Waals surface area contributed by atoms with Crippen LogP contribution in [0.15, 0.2) is 41.0 Å². The number of aliphatic hydroxyl groups excluding tert-OH is 4. The molecule has 7 nitrogen and oxygen atoms in total. The largest absolute Gasteiger partial charge is 0.483 e. The number of anilines is 1. The first-order valence-electron chi connectivity index (χ1n) is 10.8. The summed E-state index contributed by atoms with van der Waals surface area (Å²) in [6.45, 7) is 0.388. The maximum atomic E-state index is 10.5. The number of allylic oxidation sites excluding steroid dienone is 3. The van der Waals surface area contributed by atoms with Crippen molar-refractivity contribution in [2.75, 3.05) is 18.5 Å². The first kappa shape index (κ1) is 21.2. The van der Waals surface area contributed by atoms with Gasteiger partial charge >= 0.3 is 0 Å². The maximum Gasteiger partial charge on any atom is 0.143 e. The number of hydrogen-bond donors (Lipinski definition) is 5. The van der Waals surface area contributed by atoms with E-state index in [1.807, 2.05) is 24.3 Å². The molecular formula is C23H28ClNO6. The average molecular weight is 450 g/mol. The fraction of sp³-hybridized carbons (Fsp3) is 0.565. The third-order valence-corrected chi connectivity index (χ3v) is 7.21. The number of ether oxygens (including phenoxy) is 2. The van der Waals surface area contributed by atoms with E-state index in [0.717, 1.165) is 42.0 Å². The number of rotatable bonds is 4. The molecule has 2 aliphatic carbocycles. The Morgan fingerprint density at radius 3 is 2.68 bits per heavy atom. The van der Waals surface area contributed by atoms with Crippen LogP contribution in [0.4, 0.5) is 5.69 Å². The highest BCUT2D eigenvalue weighted by molar-refractivity contribution is 6.32. The molecule has 1 saturated carbocycles. The minimum absolute atomic E-state index is 0.00884. The van der Waals surface area contributed by atoms with Crippen LogP contribution in [0.3, 0.4) is 0 Å². The van der Waals surface area contributed by atoms with Crippen LogP contribution in [-0.4, -0.2) is 69.7 Å². The Kier molecular flexibility index (Phi) is 5.53. The second-order valence-corrected chi connectivity index (χ2v) is 9.49. The third-order valence-electron chi connectivity index (χ3n) is 6.82. The lowest BCUT2D eigenvalue weighted by atomic mass is 9.82. The molecule has 0 aromatic heterocycles. The summed E-state index contributed by atoms with van der Waals surface area (Å²) < 4.78 is 11.9. The molecule has 1 unspecified atom stereocenters. The molecule has 4 aliphatic rings. The molecule has 5 rings (SSSR count). The van der Waals surface area contributed by atoms with Crippen LogP contribution in [0.5, 0.6) is 5.75 Å². The lowest BCUT2D eigenvalue weighted by molar-refractivity contribution is -0.237. The van der Waals surface area contributed by atoms with E-state index >= 15 is 0 Å². The zero-order valence-corrected chi connectivity index (χ0v) is 17.8. The van der Waals surface area contributed by atoms with E-state index in [4.69, 9.17) is 21.1 Å². The van der Waals surface area contributed by atoms with Crippen molar-refractivity contribution in [2.24, 2.45) is 5.92 Å². The fourth-order valence-electron chi connectivity index (χ4n) is 4.71. The number of aliphatic hydroxyl groups is 4. The molecule has 2 fully saturated rings. The molecule has 1 aromatic carbocycles. The van der Waals surface area contributed by atoms with Gasteiger partial charge < -0.3 is 35.2 Å². The predicted octanol–water partition coefficient (Wildman–Crippen LogP) is 1.48. The molecule has 0 amide bonds. The molecule has 0 radical (unpaired) electrons. The highest BCUT2D eigenvalue weighted by atomic mass is 35.5. The van der Waals surface area contributed by atoms with E-state index < -0.39 is 37.1 Å². The van der Waals surface area contributed by atoms with Crippen molar-refractivity contribution in [3.05, 3.63) is 46.5 Å². The molecular weight excluding hydrogens is 422 g/mol. The van der Waals surface area contributed by atoms with Gasteiger partial charge in [-0.25, -0.2) is 0 Å². The van der Waals surface area contributed by atoms with Gasteiger partial charge in [-0.15, -0.1) is 0 Å². The topological polar surface area (TPSA) is 111 Å². The van der Waals surface area contributed by atoms with Gasteiger partial charge in [0.1, 0.15) is 35.8 Å². The minimum Gasteiger partial charge on any atom is -0.483 e. The van der Waals surface area contributed by atoms with E-state index in [1.165, 1.54) is 0 Å². The Balaban J connectivity index is 1.33. The van der Waals surface area contributed by atoms with Gasteiger partial charge in [-0.2, -0.15) is 0 Å². The highest BCUT2D eigenvalue weighted by Crippen LogP contribution is 2.46. The van der Waals surface area contributed by atoms with Gasteiger partial charge in [-0.05, 0) is 49.0 Å². The van der Waals surface area contributed by atoms with Crippen molar-refractivity contribution < 1.29 is 29.9 Å². The van der Waals surface area contributed by atoms with Gasteiger partial charge in [0, 0.05) is 11.0 Å². The van der Waals surface area contributed by atoms with Crippen LogP contribution in [0.2, 0.25) is 0 Å². The molecule has 1 saturated heterocycles. The van der Waals surface area contributed by atoms with Crippen LogP contribution in [0, 0.1) is 5.92 Å². The van der Waals surface area contributed by atoms with Gasteiger partial charge in [0.2, 0.25) is 0 Å². The zero-order chi connectivity index (χ0) is 21.8. The first-order valence-corrected chi connectivity index (χ1v) is 11.2. The van der Waals surface area contributed by atoms with Crippen LogP contribution < -0.4 is 10.1 Å². The quantitative estimate of drug-likeness (QED) is 0.473. The SMILES string of the molecule is OC[C@H]1O[C@@H](C2C=C(Cc3ccc4c(c3)NCC3(CC3)O4)C(Cl)=CC2)[C@H](O)[C@@H](O)[C@@H]1O. The normalized spacial score (nSPS) is 36.0. The maximum absolute atomic E-state index is 10.5. The van der Waals surface area contributed by atoms with Crippen molar-refractivity contribution in [2.45, 2.75) is 61.8 Å². The van der Waals surface area contributed by atoms with Crippen molar-refractivity contribution in [3.63, 3.8) is 0 Å². The summed E-state index contributed by atoms with van der Waals surface area (Å²) in [6.07, 6.45) is 1.51. The molecule has 2 heterocycles. The number of hydrogen-bond acceptors (Lipinski definition) is 7. The monoisotopic (exact) mass is 449 g/mol. The van der Waals surface area contributed by atoms with Crippen LogP contribution >= 0.6 is 11.6 Å². The van der Waals surface area contributed by atoms with Gasteiger partial charge in [-0.1, -0.05) is 29.8 Å². The van der Waals surface area contributed by atoms with Crippen molar-refractivity contribution >= 4 is 17.3 Å². The Bertz CT molecular complexity index is 911. The molecule has 2 aliphatic heterocycles. The summed E-state index contributed by atoms with van der Waals surface area (Å²) in [5, 5.41) is 44.2. The molecule has 1 aromatic rings. The van der Waals surface area contributed by atoms with Crippen molar-refractivity contribution in [3.8, 4) is 5.75 Å². The summed E-state index contributed by atoms with van der Waals surface area (Å²) >= 11 is 6.49. The first-order chi connectivity index (χ1) is 14.9. The predicted molar refractivity (Wildman–Crippen MR) is 115 cm³/mol. The Morgan fingerprint density at radius 2 is 1.94 bits per heavy atom. The number of nitrogens with one attached hydrogen (secondary N) is 1. The van der Waals surface area contributed by atoms with Crippen molar-refractivity contribution in [1.29, 1.82) is 0 Å². The molecule has 31 heavy (non-hydrogen) atoms. The van der Waals surface area contributed by atoms with Crippen LogP contribution in [0.25, 0.3) is 0 Å². The van der Waals surface area contributed by atoms with E-state index in [2.05, 4.69) is 11.4 Å². The standard InChI is InChI=1S/C23H28ClNO6/c24-15-3-2-13(22-21(29)20(28)19(27)18(10-26)30-22)9-14(15)7-12-1-4-17-16(8-12)25-11-23(31-17)5-6-23/h1,3-4,8-9,13,18-22,25-29H,2,5-7,10-11H2/t13?,18-,19-,20+,21-,22+/m1/s1. The molecule has 168 valence electrons. The van der Waals surface area contributed by atoms with E-state index in [1.54, 1.807) is 0 Å². The van der Waals surface area contributed by atoms with Gasteiger partial charge in [0.25, 0.3) is 0 Å². The van der Waals surface area contributed by atoms with Crippen molar-refractivity contribution in [1.82, 2.24) is 0 Å². The van der Waals surface area contributed by atoms with Crippen LogP contribution in [0.1, 0.15) is 24.8 Å². The second kappa shape index (κ2) is 8.06. The molecule has 6 atom stereocenters. The van der Waals surface area contributed by atoms with Gasteiger partial charge in [0.05, 0.1) is 24.9 Å². The third kappa shape index (κ3) is 3.99. The van der Waals surface area contributed by atoms with E-state index in [0.29, 0.717) is 17.9 Å². The Labute approximate surface area is 185 Å². The molecule has 5 N–H and O–H groups in total. The summed E-state index contributed by atoms with van der Waals surface area (Å²) in [5.74, 6) is 0.642. The molecule has 8 heteroatoms. The van der Waals surface area contributed by atoms with Gasteiger partial charge in [0.15, 0.2) is 0 Å². The minimum atomic E-state index is -1.38. The summed E-state index contributed by atoms with van der Waals surface area (Å²) in [6, 6.07) is 6.10. The fourth-order valence-corrected chi connectivity index (χ4v) is 4.93. The number of benzene rings is 1. The van der Waals surface area contributed by atoms with Gasteiger partial charge in [-0.3, -0.25) is 0 Å². The molecule has 1 spiro atoms. The number of halogens is 1. The second-order valence-electron chi connectivity index (χ2n) is 9.08. The zero-order valence-electron chi connectivity index (χ0n) is 17.1. The lowest BCUT2D eigenvalue weighted by Gasteiger charge is -2.43. The summed E-state index contributed by atoms with van der Waals surface area (Å²) in [4.78, 5) is 0. The smallest absolute Gasteiger partial charge is 0.143 e. The number of fused-ring (bicyclic) bond motifs is 1. The molecule has 0 bridgehead atoms. The average Bonchev–Trinajstić information content (AvgIpc) is 3.53. The Hall–Kier alpha value is -1.61. The summed E-state index contributed by atoms with van der Waals surface area (Å²) in [5.41, 5.74) is 2.96.